The third-order valence-corrected chi connectivity index (χ3v) is 4.30. The van der Waals surface area contributed by atoms with Crippen molar-refractivity contribution in [3.63, 3.8) is 0 Å². The summed E-state index contributed by atoms with van der Waals surface area (Å²) in [4.78, 5) is 29.5. The zero-order valence-corrected chi connectivity index (χ0v) is 13.7. The van der Waals surface area contributed by atoms with Crippen LogP contribution in [0.1, 0.15) is 10.4 Å². The Labute approximate surface area is 145 Å². The molecule has 3 aromatic rings. The molecule has 1 amide bonds. The molecule has 7 nitrogen and oxygen atoms in total. The first-order chi connectivity index (χ1) is 12.3. The quantitative estimate of drug-likeness (QED) is 0.728. The van der Waals surface area contributed by atoms with E-state index in [9.17, 15) is 4.79 Å². The predicted molar refractivity (Wildman–Crippen MR) is 93.7 cm³/mol. The molecule has 0 unspecified atom stereocenters. The number of hydrogen-bond donors (Lipinski definition) is 0. The minimum Gasteiger partial charge on any atom is -0.353 e. The second-order valence-corrected chi connectivity index (χ2v) is 5.84. The molecule has 0 bridgehead atoms. The fraction of sp³-hybridized carbons (Fsp3) is 0.222. The summed E-state index contributed by atoms with van der Waals surface area (Å²) in [5.41, 5.74) is 0.607. The predicted octanol–water partition coefficient (Wildman–Crippen LogP) is 1.62. The number of amides is 1. The van der Waals surface area contributed by atoms with Crippen molar-refractivity contribution in [2.75, 3.05) is 31.1 Å². The Bertz CT molecular complexity index is 824. The highest BCUT2D eigenvalue weighted by atomic mass is 16.2. The summed E-state index contributed by atoms with van der Waals surface area (Å²) in [6.07, 6.45) is 8.62. The molecule has 1 saturated heterocycles. The monoisotopic (exact) mass is 334 g/mol. The summed E-state index contributed by atoms with van der Waals surface area (Å²) < 4.78 is 1.81. The molecule has 3 aromatic heterocycles. The number of nitrogens with zero attached hydrogens (tertiary/aromatic N) is 6. The van der Waals surface area contributed by atoms with Crippen molar-refractivity contribution in [3.8, 4) is 5.82 Å². The smallest absolute Gasteiger partial charge is 0.255 e. The normalized spacial score (nSPS) is 14.6. The zero-order valence-electron chi connectivity index (χ0n) is 13.7. The second kappa shape index (κ2) is 6.72. The van der Waals surface area contributed by atoms with Gasteiger partial charge in [-0.15, -0.1) is 0 Å². The van der Waals surface area contributed by atoms with E-state index in [0.717, 1.165) is 24.7 Å². The van der Waals surface area contributed by atoms with Crippen molar-refractivity contribution in [3.05, 3.63) is 67.0 Å². The van der Waals surface area contributed by atoms with Crippen LogP contribution in [-0.2, 0) is 0 Å². The number of carbonyl (C=O) groups excluding carboxylic acids is 1. The van der Waals surface area contributed by atoms with Gasteiger partial charge in [-0.05, 0) is 24.3 Å². The fourth-order valence-corrected chi connectivity index (χ4v) is 2.92. The Morgan fingerprint density at radius 3 is 2.44 bits per heavy atom. The Balaban J connectivity index is 1.40. The minimum atomic E-state index is 0.0188. The van der Waals surface area contributed by atoms with E-state index < -0.39 is 0 Å². The van der Waals surface area contributed by atoms with Crippen molar-refractivity contribution in [1.82, 2.24) is 24.4 Å². The van der Waals surface area contributed by atoms with Crippen LogP contribution in [0.4, 0.5) is 5.82 Å². The topological polar surface area (TPSA) is 67.2 Å². The van der Waals surface area contributed by atoms with Crippen LogP contribution in [0.25, 0.3) is 5.82 Å². The Kier molecular flexibility index (Phi) is 4.12. The summed E-state index contributed by atoms with van der Waals surface area (Å²) in [7, 11) is 0. The van der Waals surface area contributed by atoms with Gasteiger partial charge in [0.1, 0.15) is 18.0 Å². The first-order valence-corrected chi connectivity index (χ1v) is 8.21. The lowest BCUT2D eigenvalue weighted by Crippen LogP contribution is -2.49. The highest BCUT2D eigenvalue weighted by Crippen LogP contribution is 2.15. The molecule has 0 spiro atoms. The second-order valence-electron chi connectivity index (χ2n) is 5.84. The third kappa shape index (κ3) is 3.21. The van der Waals surface area contributed by atoms with Gasteiger partial charge in [0.2, 0.25) is 0 Å². The van der Waals surface area contributed by atoms with Gasteiger partial charge in [-0.3, -0.25) is 9.36 Å². The maximum absolute atomic E-state index is 12.7. The van der Waals surface area contributed by atoms with E-state index in [1.807, 2.05) is 41.4 Å². The Hall–Kier alpha value is -3.22. The van der Waals surface area contributed by atoms with Gasteiger partial charge in [0.25, 0.3) is 5.91 Å². The molecular weight excluding hydrogens is 316 g/mol. The van der Waals surface area contributed by atoms with Crippen molar-refractivity contribution in [2.45, 2.75) is 0 Å². The highest BCUT2D eigenvalue weighted by molar-refractivity contribution is 5.94. The number of anilines is 1. The van der Waals surface area contributed by atoms with Gasteiger partial charge in [0.15, 0.2) is 0 Å². The average molecular weight is 334 g/mol. The SMILES string of the molecule is O=C(c1ccc(-n2ccnc2)nc1)N1CCN(c2ccccn2)CC1. The number of pyridine rings is 2. The molecule has 0 aliphatic carbocycles. The molecule has 4 heterocycles. The number of aromatic nitrogens is 4. The number of rotatable bonds is 3. The molecule has 0 atom stereocenters. The van der Waals surface area contributed by atoms with Crippen LogP contribution >= 0.6 is 0 Å². The van der Waals surface area contributed by atoms with E-state index in [1.54, 1.807) is 29.5 Å². The largest absolute Gasteiger partial charge is 0.353 e. The van der Waals surface area contributed by atoms with E-state index in [4.69, 9.17) is 0 Å². The molecule has 1 aliphatic heterocycles. The molecule has 0 radical (unpaired) electrons. The standard InChI is InChI=1S/C18H18N6O/c25-18(15-4-5-17(21-13-15)24-8-7-19-14-24)23-11-9-22(10-12-23)16-3-1-2-6-20-16/h1-8,13-14H,9-12H2. The first-order valence-electron chi connectivity index (χ1n) is 8.21. The van der Waals surface area contributed by atoms with E-state index in [1.165, 1.54) is 0 Å². The highest BCUT2D eigenvalue weighted by Gasteiger charge is 2.23. The van der Waals surface area contributed by atoms with Gasteiger partial charge in [-0.25, -0.2) is 15.0 Å². The minimum absolute atomic E-state index is 0.0188. The van der Waals surface area contributed by atoms with E-state index in [2.05, 4.69) is 19.9 Å². The van der Waals surface area contributed by atoms with Crippen molar-refractivity contribution in [2.24, 2.45) is 0 Å². The van der Waals surface area contributed by atoms with Crippen LogP contribution < -0.4 is 4.90 Å². The molecule has 4 rings (SSSR count). The molecule has 0 N–H and O–H groups in total. The van der Waals surface area contributed by atoms with Gasteiger partial charge in [-0.1, -0.05) is 6.07 Å². The van der Waals surface area contributed by atoms with E-state index in [-0.39, 0.29) is 5.91 Å². The van der Waals surface area contributed by atoms with Crippen LogP contribution in [-0.4, -0.2) is 56.5 Å². The van der Waals surface area contributed by atoms with Crippen LogP contribution in [0.3, 0.4) is 0 Å². The van der Waals surface area contributed by atoms with Gasteiger partial charge >= 0.3 is 0 Å². The molecule has 0 aromatic carbocycles. The third-order valence-electron chi connectivity index (χ3n) is 4.30. The van der Waals surface area contributed by atoms with Crippen molar-refractivity contribution < 1.29 is 4.79 Å². The average Bonchev–Trinajstić information content (AvgIpc) is 3.23. The molecule has 1 aliphatic rings. The van der Waals surface area contributed by atoms with Crippen molar-refractivity contribution in [1.29, 1.82) is 0 Å². The Morgan fingerprint density at radius 2 is 1.80 bits per heavy atom. The molecule has 0 saturated carbocycles. The van der Waals surface area contributed by atoms with Gasteiger partial charge < -0.3 is 9.80 Å². The Morgan fingerprint density at radius 1 is 0.920 bits per heavy atom. The number of imidazole rings is 1. The zero-order chi connectivity index (χ0) is 17.1. The molecule has 7 heteroatoms. The lowest BCUT2D eigenvalue weighted by molar-refractivity contribution is 0.0746. The van der Waals surface area contributed by atoms with Gasteiger partial charge in [0, 0.05) is 51.0 Å². The molecule has 25 heavy (non-hydrogen) atoms. The summed E-state index contributed by atoms with van der Waals surface area (Å²) in [6.45, 7) is 2.92. The molecule has 1 fully saturated rings. The maximum Gasteiger partial charge on any atom is 0.255 e. The van der Waals surface area contributed by atoms with Gasteiger partial charge in [0.05, 0.1) is 5.56 Å². The number of carbonyl (C=O) groups is 1. The number of piperazine rings is 1. The molecule has 126 valence electrons. The van der Waals surface area contributed by atoms with Crippen molar-refractivity contribution >= 4 is 11.7 Å². The van der Waals surface area contributed by atoms with Crippen LogP contribution in [0, 0.1) is 0 Å². The van der Waals surface area contributed by atoms with Crippen LogP contribution in [0.5, 0.6) is 0 Å². The maximum atomic E-state index is 12.7. The number of hydrogen-bond acceptors (Lipinski definition) is 5. The summed E-state index contributed by atoms with van der Waals surface area (Å²) in [5, 5.41) is 0. The fourth-order valence-electron chi connectivity index (χ4n) is 2.92. The lowest BCUT2D eigenvalue weighted by Gasteiger charge is -2.35. The summed E-state index contributed by atoms with van der Waals surface area (Å²) in [6, 6.07) is 9.53. The van der Waals surface area contributed by atoms with Gasteiger partial charge in [-0.2, -0.15) is 0 Å². The summed E-state index contributed by atoms with van der Waals surface area (Å²) >= 11 is 0. The molecular formula is C18H18N6O. The lowest BCUT2D eigenvalue weighted by atomic mass is 10.2. The van der Waals surface area contributed by atoms with Crippen LogP contribution in [0.15, 0.2) is 61.4 Å². The first kappa shape index (κ1) is 15.3. The summed E-state index contributed by atoms with van der Waals surface area (Å²) in [5.74, 6) is 1.72. The van der Waals surface area contributed by atoms with Crippen LogP contribution in [0.2, 0.25) is 0 Å². The van der Waals surface area contributed by atoms with E-state index >= 15 is 0 Å². The van der Waals surface area contributed by atoms with E-state index in [0.29, 0.717) is 18.7 Å².